The number of hydrogen-bond donors (Lipinski definition) is 0. The maximum atomic E-state index is 11.1. The van der Waals surface area contributed by atoms with Gasteiger partial charge >= 0.3 is 5.97 Å². The van der Waals surface area contributed by atoms with Crippen LogP contribution in [0.15, 0.2) is 12.7 Å². The standard InChI is InChI=1S/C12H22O6/c1-4-12(13)18-11(9-16-7-5-14-2)10-17-8-6-15-3/h4,11H,1,5-10H2,2-3H3. The first-order valence-corrected chi connectivity index (χ1v) is 5.71. The van der Waals surface area contributed by atoms with Crippen molar-refractivity contribution in [2.75, 3.05) is 53.9 Å². The third kappa shape index (κ3) is 10.2. The van der Waals surface area contributed by atoms with Crippen LogP contribution in [-0.2, 0) is 28.5 Å². The third-order valence-electron chi connectivity index (χ3n) is 1.92. The SMILES string of the molecule is C=CC(=O)OC(COCCOC)COCCOC. The van der Waals surface area contributed by atoms with Gasteiger partial charge in [-0.05, 0) is 0 Å². The molecule has 0 N–H and O–H groups in total. The normalized spacial score (nSPS) is 10.6. The molecule has 0 saturated heterocycles. The molecule has 6 nitrogen and oxygen atoms in total. The Morgan fingerprint density at radius 1 is 1.06 bits per heavy atom. The number of methoxy groups -OCH3 is 2. The molecule has 0 saturated carbocycles. The first kappa shape index (κ1) is 17.1. The summed E-state index contributed by atoms with van der Waals surface area (Å²) in [5, 5.41) is 0. The minimum atomic E-state index is -0.495. The zero-order valence-corrected chi connectivity index (χ0v) is 11.1. The van der Waals surface area contributed by atoms with Crippen LogP contribution < -0.4 is 0 Å². The molecule has 0 unspecified atom stereocenters. The molecule has 18 heavy (non-hydrogen) atoms. The summed E-state index contributed by atoms with van der Waals surface area (Å²) in [6.07, 6.45) is 0.654. The van der Waals surface area contributed by atoms with Crippen molar-refractivity contribution in [1.29, 1.82) is 0 Å². The Labute approximate surface area is 108 Å². The predicted molar refractivity (Wildman–Crippen MR) is 65.5 cm³/mol. The summed E-state index contributed by atoms with van der Waals surface area (Å²) in [5.41, 5.74) is 0. The second kappa shape index (κ2) is 12.5. The lowest BCUT2D eigenvalue weighted by atomic mass is 10.4. The van der Waals surface area contributed by atoms with Crippen LogP contribution in [0.5, 0.6) is 0 Å². The van der Waals surface area contributed by atoms with Crippen LogP contribution in [-0.4, -0.2) is 65.9 Å². The van der Waals surface area contributed by atoms with Gasteiger partial charge in [0.1, 0.15) is 6.10 Å². The number of ether oxygens (including phenoxy) is 5. The first-order valence-electron chi connectivity index (χ1n) is 5.71. The Morgan fingerprint density at radius 2 is 1.56 bits per heavy atom. The molecule has 0 rings (SSSR count). The highest BCUT2D eigenvalue weighted by Gasteiger charge is 2.13. The van der Waals surface area contributed by atoms with Gasteiger partial charge in [-0.2, -0.15) is 0 Å². The summed E-state index contributed by atoms with van der Waals surface area (Å²) in [5.74, 6) is -0.495. The molecule has 0 fully saturated rings. The van der Waals surface area contributed by atoms with Crippen LogP contribution in [0.25, 0.3) is 0 Å². The largest absolute Gasteiger partial charge is 0.454 e. The Bertz CT molecular complexity index is 207. The van der Waals surface area contributed by atoms with E-state index >= 15 is 0 Å². The van der Waals surface area contributed by atoms with E-state index in [2.05, 4.69) is 6.58 Å². The average Bonchev–Trinajstić information content (AvgIpc) is 2.39. The van der Waals surface area contributed by atoms with E-state index in [0.29, 0.717) is 26.4 Å². The van der Waals surface area contributed by atoms with Gasteiger partial charge in [0.05, 0.1) is 39.6 Å². The molecular weight excluding hydrogens is 240 g/mol. The van der Waals surface area contributed by atoms with Gasteiger partial charge in [-0.1, -0.05) is 6.58 Å². The molecule has 0 spiro atoms. The third-order valence-corrected chi connectivity index (χ3v) is 1.92. The Morgan fingerprint density at radius 3 is 1.94 bits per heavy atom. The van der Waals surface area contributed by atoms with Crippen LogP contribution >= 0.6 is 0 Å². The molecule has 6 heteroatoms. The molecule has 106 valence electrons. The predicted octanol–water partition coefficient (Wildman–Crippen LogP) is 0.410. The minimum absolute atomic E-state index is 0.260. The molecule has 0 aromatic rings. The number of carbonyl (C=O) groups is 1. The average molecular weight is 262 g/mol. The highest BCUT2D eigenvalue weighted by Crippen LogP contribution is 1.97. The molecular formula is C12H22O6. The molecule has 0 aromatic carbocycles. The van der Waals surface area contributed by atoms with Crippen LogP contribution in [0, 0.1) is 0 Å². The number of hydrogen-bond acceptors (Lipinski definition) is 6. The van der Waals surface area contributed by atoms with Crippen LogP contribution in [0.3, 0.4) is 0 Å². The van der Waals surface area contributed by atoms with E-state index in [-0.39, 0.29) is 13.2 Å². The Hall–Kier alpha value is -0.950. The maximum absolute atomic E-state index is 11.1. The number of carbonyl (C=O) groups excluding carboxylic acids is 1. The molecule has 0 aliphatic carbocycles. The Balaban J connectivity index is 3.84. The second-order valence-corrected chi connectivity index (χ2v) is 3.40. The molecule has 0 atom stereocenters. The Kier molecular flexibility index (Phi) is 11.8. The maximum Gasteiger partial charge on any atom is 0.330 e. The van der Waals surface area contributed by atoms with Crippen molar-refractivity contribution < 1.29 is 28.5 Å². The van der Waals surface area contributed by atoms with Gasteiger partial charge in [-0.25, -0.2) is 4.79 Å². The summed E-state index contributed by atoms with van der Waals surface area (Å²) in [4.78, 5) is 11.1. The molecule has 0 aliphatic rings. The highest BCUT2D eigenvalue weighted by molar-refractivity contribution is 5.81. The van der Waals surface area contributed by atoms with E-state index in [1.165, 1.54) is 0 Å². The van der Waals surface area contributed by atoms with Crippen LogP contribution in [0.2, 0.25) is 0 Å². The van der Waals surface area contributed by atoms with Gasteiger partial charge < -0.3 is 23.7 Å². The molecule has 0 amide bonds. The number of esters is 1. The molecule has 0 bridgehead atoms. The fraction of sp³-hybridized carbons (Fsp3) is 0.750. The summed E-state index contributed by atoms with van der Waals surface area (Å²) < 4.78 is 25.3. The van der Waals surface area contributed by atoms with Gasteiger partial charge in [-0.3, -0.25) is 0 Å². The lowest BCUT2D eigenvalue weighted by molar-refractivity contribution is -0.150. The smallest absolute Gasteiger partial charge is 0.330 e. The van der Waals surface area contributed by atoms with E-state index in [1.54, 1.807) is 14.2 Å². The van der Waals surface area contributed by atoms with E-state index in [0.717, 1.165) is 6.08 Å². The minimum Gasteiger partial charge on any atom is -0.454 e. The molecule has 0 heterocycles. The molecule has 0 aromatic heterocycles. The zero-order valence-electron chi connectivity index (χ0n) is 11.1. The van der Waals surface area contributed by atoms with Gasteiger partial charge in [0.25, 0.3) is 0 Å². The van der Waals surface area contributed by atoms with Crippen molar-refractivity contribution in [3.8, 4) is 0 Å². The molecule has 0 aliphatic heterocycles. The van der Waals surface area contributed by atoms with E-state index in [4.69, 9.17) is 23.7 Å². The second-order valence-electron chi connectivity index (χ2n) is 3.40. The lowest BCUT2D eigenvalue weighted by Gasteiger charge is -2.17. The van der Waals surface area contributed by atoms with Gasteiger partial charge in [-0.15, -0.1) is 0 Å². The lowest BCUT2D eigenvalue weighted by Crippen LogP contribution is -2.29. The summed E-state index contributed by atoms with van der Waals surface area (Å²) in [6.45, 7) is 5.72. The van der Waals surface area contributed by atoms with Gasteiger partial charge in [0.2, 0.25) is 0 Å². The van der Waals surface area contributed by atoms with Crippen molar-refractivity contribution in [3.63, 3.8) is 0 Å². The van der Waals surface area contributed by atoms with E-state index in [9.17, 15) is 4.79 Å². The number of rotatable bonds is 12. The van der Waals surface area contributed by atoms with Crippen molar-refractivity contribution in [2.24, 2.45) is 0 Å². The van der Waals surface area contributed by atoms with Crippen LogP contribution in [0.4, 0.5) is 0 Å². The summed E-state index contributed by atoms with van der Waals surface area (Å²) in [7, 11) is 3.18. The monoisotopic (exact) mass is 262 g/mol. The van der Waals surface area contributed by atoms with Gasteiger partial charge in [0, 0.05) is 20.3 Å². The quantitative estimate of drug-likeness (QED) is 0.288. The van der Waals surface area contributed by atoms with Crippen molar-refractivity contribution in [1.82, 2.24) is 0 Å². The van der Waals surface area contributed by atoms with Gasteiger partial charge in [0.15, 0.2) is 0 Å². The van der Waals surface area contributed by atoms with Crippen molar-refractivity contribution >= 4 is 5.97 Å². The van der Waals surface area contributed by atoms with E-state index < -0.39 is 12.1 Å². The summed E-state index contributed by atoms with van der Waals surface area (Å²) in [6, 6.07) is 0. The zero-order chi connectivity index (χ0) is 13.6. The first-order chi connectivity index (χ1) is 8.74. The summed E-state index contributed by atoms with van der Waals surface area (Å²) >= 11 is 0. The van der Waals surface area contributed by atoms with Crippen LogP contribution in [0.1, 0.15) is 0 Å². The van der Waals surface area contributed by atoms with Crippen molar-refractivity contribution in [3.05, 3.63) is 12.7 Å². The topological polar surface area (TPSA) is 63.2 Å². The van der Waals surface area contributed by atoms with Crippen molar-refractivity contribution in [2.45, 2.75) is 6.10 Å². The fourth-order valence-corrected chi connectivity index (χ4v) is 1.04. The fourth-order valence-electron chi connectivity index (χ4n) is 1.04. The van der Waals surface area contributed by atoms with E-state index in [1.807, 2.05) is 0 Å². The highest BCUT2D eigenvalue weighted by atomic mass is 16.6. The molecule has 0 radical (unpaired) electrons.